The van der Waals surface area contributed by atoms with Gasteiger partial charge in [0.1, 0.15) is 5.75 Å². The van der Waals surface area contributed by atoms with Crippen LogP contribution in [-0.4, -0.2) is 6.36 Å². The average Bonchev–Trinajstić information content (AvgIpc) is 2.36. The van der Waals surface area contributed by atoms with Crippen LogP contribution in [0.3, 0.4) is 0 Å². The van der Waals surface area contributed by atoms with E-state index in [-0.39, 0.29) is 5.75 Å². The molecule has 0 amide bonds. The number of rotatable bonds is 3. The van der Waals surface area contributed by atoms with Crippen molar-refractivity contribution in [2.45, 2.75) is 6.36 Å². The first-order chi connectivity index (χ1) is 9.74. The highest BCUT2D eigenvalue weighted by molar-refractivity contribution is 6.42. The normalized spacial score (nSPS) is 11.3. The predicted octanol–water partition coefficient (Wildman–Crippen LogP) is 5.22. The maximum absolute atomic E-state index is 12.0. The fraction of sp³-hybridized carbons (Fsp3) is 0.0769. The second-order valence-corrected chi connectivity index (χ2v) is 4.87. The molecule has 112 valence electrons. The van der Waals surface area contributed by atoms with Crippen molar-refractivity contribution in [1.82, 2.24) is 0 Å². The van der Waals surface area contributed by atoms with E-state index in [4.69, 9.17) is 28.9 Å². The van der Waals surface area contributed by atoms with Crippen LogP contribution in [0.25, 0.3) is 0 Å². The van der Waals surface area contributed by atoms with Gasteiger partial charge in [-0.3, -0.25) is 0 Å². The Bertz CT molecular complexity index is 645. The molecule has 0 aliphatic carbocycles. The molecule has 0 heterocycles. The van der Waals surface area contributed by atoms with Gasteiger partial charge in [-0.25, -0.2) is 0 Å². The average molecular weight is 337 g/mol. The number of halogens is 5. The molecule has 3 nitrogen and oxygen atoms in total. The number of hydrogen-bond donors (Lipinski definition) is 2. The summed E-state index contributed by atoms with van der Waals surface area (Å²) in [6.45, 7) is 0. The molecule has 2 aromatic carbocycles. The summed E-state index contributed by atoms with van der Waals surface area (Å²) >= 11 is 11.7. The van der Waals surface area contributed by atoms with Crippen LogP contribution in [0.15, 0.2) is 36.4 Å². The van der Waals surface area contributed by atoms with Crippen molar-refractivity contribution in [2.24, 2.45) is 0 Å². The van der Waals surface area contributed by atoms with Crippen molar-refractivity contribution < 1.29 is 17.9 Å². The number of anilines is 3. The van der Waals surface area contributed by atoms with Crippen LogP contribution in [0.1, 0.15) is 0 Å². The topological polar surface area (TPSA) is 47.3 Å². The fourth-order valence-corrected chi connectivity index (χ4v) is 1.90. The first-order valence-corrected chi connectivity index (χ1v) is 6.37. The number of nitrogen functional groups attached to an aromatic ring is 1. The number of nitrogens with one attached hydrogen (secondary N) is 1. The SMILES string of the molecule is Nc1cc(Cl)c(Cl)cc1Nc1ccc(OC(F)(F)F)cc1. The molecule has 0 unspecified atom stereocenters. The fourth-order valence-electron chi connectivity index (χ4n) is 1.57. The molecular weight excluding hydrogens is 328 g/mol. The lowest BCUT2D eigenvalue weighted by atomic mass is 10.2. The molecule has 0 aromatic heterocycles. The minimum Gasteiger partial charge on any atom is -0.406 e. The van der Waals surface area contributed by atoms with Crippen molar-refractivity contribution in [3.05, 3.63) is 46.4 Å². The van der Waals surface area contributed by atoms with Crippen LogP contribution < -0.4 is 15.8 Å². The van der Waals surface area contributed by atoms with Crippen LogP contribution in [0.5, 0.6) is 5.75 Å². The summed E-state index contributed by atoms with van der Waals surface area (Å²) in [6.07, 6.45) is -4.72. The summed E-state index contributed by atoms with van der Waals surface area (Å²) in [5.41, 5.74) is 7.15. The first-order valence-electron chi connectivity index (χ1n) is 5.62. The third kappa shape index (κ3) is 4.34. The summed E-state index contributed by atoms with van der Waals surface area (Å²) in [6, 6.07) is 8.21. The van der Waals surface area contributed by atoms with E-state index in [1.165, 1.54) is 36.4 Å². The quantitative estimate of drug-likeness (QED) is 0.755. The van der Waals surface area contributed by atoms with Gasteiger partial charge in [-0.1, -0.05) is 23.2 Å². The Hall–Kier alpha value is -1.79. The van der Waals surface area contributed by atoms with E-state index < -0.39 is 6.36 Å². The highest BCUT2D eigenvalue weighted by atomic mass is 35.5. The van der Waals surface area contributed by atoms with E-state index in [9.17, 15) is 13.2 Å². The van der Waals surface area contributed by atoms with Gasteiger partial charge in [-0.2, -0.15) is 0 Å². The molecular formula is C13H9Cl2F3N2O. The molecule has 0 fully saturated rings. The lowest BCUT2D eigenvalue weighted by molar-refractivity contribution is -0.274. The summed E-state index contributed by atoms with van der Waals surface area (Å²) in [5, 5.41) is 3.55. The van der Waals surface area contributed by atoms with Gasteiger partial charge in [-0.05, 0) is 36.4 Å². The lowest BCUT2D eigenvalue weighted by Gasteiger charge is -2.12. The molecule has 3 N–H and O–H groups in total. The van der Waals surface area contributed by atoms with Crippen LogP contribution in [-0.2, 0) is 0 Å². The predicted molar refractivity (Wildman–Crippen MR) is 77.3 cm³/mol. The molecule has 2 aromatic rings. The van der Waals surface area contributed by atoms with Crippen molar-refractivity contribution in [3.8, 4) is 5.75 Å². The second-order valence-electron chi connectivity index (χ2n) is 4.05. The van der Waals surface area contributed by atoms with Gasteiger partial charge in [0.15, 0.2) is 0 Å². The maximum Gasteiger partial charge on any atom is 0.573 e. The Labute approximate surface area is 128 Å². The van der Waals surface area contributed by atoms with Gasteiger partial charge in [0.25, 0.3) is 0 Å². The molecule has 8 heteroatoms. The second kappa shape index (κ2) is 5.91. The van der Waals surface area contributed by atoms with Gasteiger partial charge in [0.05, 0.1) is 21.4 Å². The molecule has 21 heavy (non-hydrogen) atoms. The van der Waals surface area contributed by atoms with E-state index in [1.54, 1.807) is 0 Å². The highest BCUT2D eigenvalue weighted by Crippen LogP contribution is 2.33. The van der Waals surface area contributed by atoms with Gasteiger partial charge in [-0.15, -0.1) is 13.2 Å². The van der Waals surface area contributed by atoms with E-state index in [0.717, 1.165) is 0 Å². The number of alkyl halides is 3. The number of ether oxygens (including phenoxy) is 1. The molecule has 0 bridgehead atoms. The molecule has 0 saturated heterocycles. The van der Waals surface area contributed by atoms with Crippen LogP contribution in [0, 0.1) is 0 Å². The van der Waals surface area contributed by atoms with Crippen LogP contribution >= 0.6 is 23.2 Å². The smallest absolute Gasteiger partial charge is 0.406 e. The van der Waals surface area contributed by atoms with Crippen molar-refractivity contribution in [3.63, 3.8) is 0 Å². The standard InChI is InChI=1S/C13H9Cl2F3N2O/c14-9-5-11(19)12(6-10(9)15)20-7-1-3-8(4-2-7)21-13(16,17)18/h1-6,20H,19H2. The Balaban J connectivity index is 2.16. The third-order valence-corrected chi connectivity index (χ3v) is 3.18. The van der Waals surface area contributed by atoms with Crippen molar-refractivity contribution >= 4 is 40.3 Å². The van der Waals surface area contributed by atoms with E-state index in [0.29, 0.717) is 27.1 Å². The maximum atomic E-state index is 12.0. The minimum atomic E-state index is -4.72. The van der Waals surface area contributed by atoms with Crippen molar-refractivity contribution in [2.75, 3.05) is 11.1 Å². The summed E-state index contributed by atoms with van der Waals surface area (Å²) in [7, 11) is 0. The Kier molecular flexibility index (Phi) is 4.39. The minimum absolute atomic E-state index is 0.310. The molecule has 0 saturated carbocycles. The Morgan fingerprint density at radius 2 is 1.57 bits per heavy atom. The first kappa shape index (κ1) is 15.6. The van der Waals surface area contributed by atoms with Crippen molar-refractivity contribution in [1.29, 1.82) is 0 Å². The summed E-state index contributed by atoms with van der Waals surface area (Å²) in [4.78, 5) is 0. The number of hydrogen-bond acceptors (Lipinski definition) is 3. The zero-order valence-corrected chi connectivity index (χ0v) is 11.9. The van der Waals surface area contributed by atoms with Gasteiger partial charge in [0, 0.05) is 5.69 Å². The van der Waals surface area contributed by atoms with Crippen LogP contribution in [0.2, 0.25) is 10.0 Å². The molecule has 0 atom stereocenters. The van der Waals surface area contributed by atoms with E-state index in [1.807, 2.05) is 0 Å². The van der Waals surface area contributed by atoms with E-state index in [2.05, 4.69) is 10.1 Å². The molecule has 0 aliphatic heterocycles. The molecule has 0 radical (unpaired) electrons. The Morgan fingerprint density at radius 1 is 1.00 bits per heavy atom. The lowest BCUT2D eigenvalue weighted by Crippen LogP contribution is -2.16. The summed E-state index contributed by atoms with van der Waals surface area (Å²) in [5.74, 6) is -0.310. The largest absolute Gasteiger partial charge is 0.573 e. The van der Waals surface area contributed by atoms with Crippen LogP contribution in [0.4, 0.5) is 30.2 Å². The third-order valence-electron chi connectivity index (χ3n) is 2.46. The van der Waals surface area contributed by atoms with Gasteiger partial charge < -0.3 is 15.8 Å². The zero-order valence-electron chi connectivity index (χ0n) is 10.3. The zero-order chi connectivity index (χ0) is 15.6. The summed E-state index contributed by atoms with van der Waals surface area (Å²) < 4.78 is 39.9. The number of nitrogens with two attached hydrogens (primary N) is 1. The van der Waals surface area contributed by atoms with Gasteiger partial charge in [0.2, 0.25) is 0 Å². The number of benzene rings is 2. The molecule has 0 aliphatic rings. The highest BCUT2D eigenvalue weighted by Gasteiger charge is 2.30. The molecule has 2 rings (SSSR count). The monoisotopic (exact) mass is 336 g/mol. The van der Waals surface area contributed by atoms with Gasteiger partial charge >= 0.3 is 6.36 Å². The van der Waals surface area contributed by atoms with E-state index >= 15 is 0 Å². The molecule has 0 spiro atoms. The Morgan fingerprint density at radius 3 is 2.14 bits per heavy atom.